The summed E-state index contributed by atoms with van der Waals surface area (Å²) >= 11 is 0. The lowest BCUT2D eigenvalue weighted by atomic mass is 9.80. The molecule has 0 radical (unpaired) electrons. The second-order valence-electron chi connectivity index (χ2n) is 8.90. The first kappa shape index (κ1) is 24.1. The molecule has 0 aliphatic carbocycles. The van der Waals surface area contributed by atoms with E-state index in [1.807, 2.05) is 13.8 Å². The van der Waals surface area contributed by atoms with Gasteiger partial charge in [0.2, 0.25) is 11.8 Å². The van der Waals surface area contributed by atoms with Crippen molar-refractivity contribution in [1.82, 2.24) is 15.5 Å². The topological polar surface area (TPSA) is 86.9 Å². The molecule has 33 heavy (non-hydrogen) atoms. The lowest BCUT2D eigenvalue weighted by molar-refractivity contribution is -0.125. The fourth-order valence-corrected chi connectivity index (χ4v) is 3.69. The van der Waals surface area contributed by atoms with E-state index in [0.29, 0.717) is 5.82 Å². The van der Waals surface area contributed by atoms with E-state index < -0.39 is 29.5 Å². The van der Waals surface area contributed by atoms with Crippen LogP contribution in [0.25, 0.3) is 0 Å². The maximum atomic E-state index is 13.3. The normalized spacial score (nSPS) is 12.3. The van der Waals surface area contributed by atoms with Crippen LogP contribution >= 0.6 is 0 Å². The molecule has 0 fully saturated rings. The van der Waals surface area contributed by atoms with Crippen LogP contribution in [-0.2, 0) is 21.4 Å². The van der Waals surface area contributed by atoms with Gasteiger partial charge in [0.1, 0.15) is 17.7 Å². The molecule has 0 aliphatic rings. The van der Waals surface area contributed by atoms with E-state index in [1.165, 1.54) is 6.92 Å². The average Bonchev–Trinajstić information content (AvgIpc) is 3.15. The summed E-state index contributed by atoms with van der Waals surface area (Å²) < 4.78 is 26.6. The highest BCUT2D eigenvalue weighted by Gasteiger charge is 2.27. The zero-order valence-electron chi connectivity index (χ0n) is 19.3. The first-order valence-corrected chi connectivity index (χ1v) is 10.6. The molecule has 1 atom stereocenters. The van der Waals surface area contributed by atoms with Crippen LogP contribution in [0.15, 0.2) is 42.5 Å². The molecule has 0 aliphatic heterocycles. The van der Waals surface area contributed by atoms with Gasteiger partial charge < -0.3 is 10.6 Å². The molecule has 3 rings (SSSR count). The number of hydrogen-bond donors (Lipinski definition) is 3. The lowest BCUT2D eigenvalue weighted by Crippen LogP contribution is -2.42. The van der Waals surface area contributed by atoms with Gasteiger partial charge in [-0.1, -0.05) is 43.2 Å². The molecule has 0 spiro atoms. The lowest BCUT2D eigenvalue weighted by Gasteiger charge is -2.24. The quantitative estimate of drug-likeness (QED) is 0.497. The molecule has 8 heteroatoms. The minimum Gasteiger partial charge on any atom is -0.344 e. The highest BCUT2D eigenvalue weighted by atomic mass is 19.1. The number of halogens is 2. The zero-order chi connectivity index (χ0) is 24.3. The van der Waals surface area contributed by atoms with E-state index in [4.69, 9.17) is 0 Å². The van der Waals surface area contributed by atoms with Gasteiger partial charge in [0.05, 0.1) is 6.42 Å². The van der Waals surface area contributed by atoms with Crippen molar-refractivity contribution in [2.24, 2.45) is 0 Å². The molecule has 3 aromatic rings. The van der Waals surface area contributed by atoms with Gasteiger partial charge in [-0.05, 0) is 44.0 Å². The number of anilines is 1. The van der Waals surface area contributed by atoms with Crippen molar-refractivity contribution in [3.05, 3.63) is 82.0 Å². The van der Waals surface area contributed by atoms with Gasteiger partial charge in [0.25, 0.3) is 0 Å². The molecule has 0 saturated heterocycles. The molecule has 0 unspecified atom stereocenters. The van der Waals surface area contributed by atoms with Gasteiger partial charge in [-0.3, -0.25) is 14.7 Å². The maximum Gasteiger partial charge on any atom is 0.247 e. The van der Waals surface area contributed by atoms with Crippen LogP contribution < -0.4 is 10.6 Å². The molecule has 2 aromatic carbocycles. The minimum atomic E-state index is -0.872. The Morgan fingerprint density at radius 1 is 1.00 bits per heavy atom. The summed E-state index contributed by atoms with van der Waals surface area (Å²) in [6.07, 6.45) is -0.247. The third-order valence-corrected chi connectivity index (χ3v) is 5.50. The summed E-state index contributed by atoms with van der Waals surface area (Å²) in [4.78, 5) is 24.7. The predicted molar refractivity (Wildman–Crippen MR) is 123 cm³/mol. The molecule has 6 nitrogen and oxygen atoms in total. The van der Waals surface area contributed by atoms with Crippen LogP contribution in [-0.4, -0.2) is 28.1 Å². The number of aryl methyl sites for hydroxylation is 2. The largest absolute Gasteiger partial charge is 0.344 e. The van der Waals surface area contributed by atoms with Gasteiger partial charge in [-0.25, -0.2) is 8.78 Å². The van der Waals surface area contributed by atoms with Crippen LogP contribution in [0.4, 0.5) is 14.6 Å². The van der Waals surface area contributed by atoms with Crippen molar-refractivity contribution in [1.29, 1.82) is 0 Å². The smallest absolute Gasteiger partial charge is 0.247 e. The van der Waals surface area contributed by atoms with E-state index in [0.717, 1.165) is 40.6 Å². The Bertz CT molecular complexity index is 1150. The number of benzene rings is 2. The summed E-state index contributed by atoms with van der Waals surface area (Å²) in [7, 11) is 0. The number of hydrogen-bond acceptors (Lipinski definition) is 3. The van der Waals surface area contributed by atoms with Gasteiger partial charge in [0, 0.05) is 23.2 Å². The van der Waals surface area contributed by atoms with Crippen molar-refractivity contribution in [3.8, 4) is 0 Å². The van der Waals surface area contributed by atoms with Crippen LogP contribution in [0.2, 0.25) is 0 Å². The van der Waals surface area contributed by atoms with Gasteiger partial charge in [-0.2, -0.15) is 5.10 Å². The fourth-order valence-electron chi connectivity index (χ4n) is 3.69. The van der Waals surface area contributed by atoms with E-state index in [2.05, 4.69) is 52.9 Å². The Hall–Kier alpha value is -3.55. The molecular formula is C25H28F2N4O2. The zero-order valence-corrected chi connectivity index (χ0v) is 19.3. The molecule has 1 heterocycles. The van der Waals surface area contributed by atoms with Crippen LogP contribution in [0.1, 0.15) is 48.7 Å². The van der Waals surface area contributed by atoms with Gasteiger partial charge in [0.15, 0.2) is 5.82 Å². The van der Waals surface area contributed by atoms with Gasteiger partial charge in [-0.15, -0.1) is 0 Å². The maximum absolute atomic E-state index is 13.3. The first-order valence-electron chi connectivity index (χ1n) is 10.6. The highest BCUT2D eigenvalue weighted by Crippen LogP contribution is 2.32. The summed E-state index contributed by atoms with van der Waals surface area (Å²) in [6.45, 7) is 9.75. The standard InChI is InChI=1S/C25H28F2N4O2/c1-14-6-15(2)8-18(7-14)25(4,5)21-13-22(31-30-21)29-24(33)16(3)28-23(32)11-17-9-19(26)12-20(27)10-17/h6-10,12-13,16H,11H2,1-5H3,(H,28,32)(H2,29,30,31,33)/t16-/m0/s1. The number of aromatic nitrogens is 2. The van der Waals surface area contributed by atoms with Crippen molar-refractivity contribution < 1.29 is 18.4 Å². The van der Waals surface area contributed by atoms with Crippen LogP contribution in [0.5, 0.6) is 0 Å². The Morgan fingerprint density at radius 2 is 1.61 bits per heavy atom. The van der Waals surface area contributed by atoms with Crippen molar-refractivity contribution >= 4 is 17.6 Å². The molecule has 174 valence electrons. The van der Waals surface area contributed by atoms with E-state index in [9.17, 15) is 18.4 Å². The number of amides is 2. The van der Waals surface area contributed by atoms with E-state index in [-0.39, 0.29) is 17.4 Å². The summed E-state index contributed by atoms with van der Waals surface area (Å²) in [5, 5.41) is 12.4. The third kappa shape index (κ3) is 6.03. The Kier molecular flexibility index (Phi) is 6.95. The summed E-state index contributed by atoms with van der Waals surface area (Å²) in [5.74, 6) is -2.18. The number of aromatic amines is 1. The second kappa shape index (κ2) is 9.52. The second-order valence-corrected chi connectivity index (χ2v) is 8.90. The van der Waals surface area contributed by atoms with Crippen LogP contribution in [0.3, 0.4) is 0 Å². The van der Waals surface area contributed by atoms with Crippen LogP contribution in [0, 0.1) is 25.5 Å². The van der Waals surface area contributed by atoms with Crippen molar-refractivity contribution in [3.63, 3.8) is 0 Å². The monoisotopic (exact) mass is 454 g/mol. The molecule has 0 bridgehead atoms. The average molecular weight is 455 g/mol. The number of carbonyl (C=O) groups is 2. The Balaban J connectivity index is 1.63. The SMILES string of the molecule is Cc1cc(C)cc(C(C)(C)c2cc(NC(=O)[C@H](C)NC(=O)Cc3cc(F)cc(F)c3)n[nH]2)c1. The number of nitrogens with one attached hydrogen (secondary N) is 3. The molecule has 2 amide bonds. The number of carbonyl (C=O) groups excluding carboxylic acids is 2. The van der Waals surface area contributed by atoms with E-state index >= 15 is 0 Å². The fraction of sp³-hybridized carbons (Fsp3) is 0.320. The first-order chi connectivity index (χ1) is 15.4. The number of rotatable bonds is 7. The van der Waals surface area contributed by atoms with Crippen molar-refractivity contribution in [2.75, 3.05) is 5.32 Å². The molecular weight excluding hydrogens is 426 g/mol. The Morgan fingerprint density at radius 3 is 2.21 bits per heavy atom. The molecule has 1 aromatic heterocycles. The molecule has 0 saturated carbocycles. The Labute approximate surface area is 191 Å². The minimum absolute atomic E-state index is 0.183. The predicted octanol–water partition coefficient (Wildman–Crippen LogP) is 4.32. The van der Waals surface area contributed by atoms with Gasteiger partial charge >= 0.3 is 0 Å². The summed E-state index contributed by atoms with van der Waals surface area (Å²) in [6, 6.07) is 10.1. The number of nitrogens with zero attached hydrogens (tertiary/aromatic N) is 1. The highest BCUT2D eigenvalue weighted by molar-refractivity contribution is 5.96. The van der Waals surface area contributed by atoms with Crippen molar-refractivity contribution in [2.45, 2.75) is 52.5 Å². The molecule has 3 N–H and O–H groups in total. The third-order valence-electron chi connectivity index (χ3n) is 5.50. The summed E-state index contributed by atoms with van der Waals surface area (Å²) in [5.41, 5.74) is 4.09. The van der Waals surface area contributed by atoms with E-state index in [1.54, 1.807) is 6.07 Å². The number of H-pyrrole nitrogens is 1.